The molecule has 1 aliphatic heterocycles. The summed E-state index contributed by atoms with van der Waals surface area (Å²) in [6, 6.07) is 0. The van der Waals surface area contributed by atoms with Gasteiger partial charge in [0, 0.05) is 19.1 Å². The van der Waals surface area contributed by atoms with Crippen molar-refractivity contribution in [2.75, 3.05) is 13.2 Å². The summed E-state index contributed by atoms with van der Waals surface area (Å²) in [6.45, 7) is 1.70. The van der Waals surface area contributed by atoms with E-state index in [1.807, 2.05) is 6.20 Å². The summed E-state index contributed by atoms with van der Waals surface area (Å²) in [4.78, 5) is 8.50. The van der Waals surface area contributed by atoms with Crippen LogP contribution in [0.5, 0.6) is 0 Å². The van der Waals surface area contributed by atoms with Crippen LogP contribution in [0, 0.1) is 0 Å². The number of rotatable bonds is 1. The summed E-state index contributed by atoms with van der Waals surface area (Å²) in [5, 5.41) is 0. The van der Waals surface area contributed by atoms with Crippen molar-refractivity contribution >= 4 is 15.9 Å². The molecule has 0 aromatic carbocycles. The number of hydrogen-bond acceptors (Lipinski definition) is 3. The van der Waals surface area contributed by atoms with Crippen LogP contribution in [0.15, 0.2) is 17.0 Å². The summed E-state index contributed by atoms with van der Waals surface area (Å²) >= 11 is 3.27. The minimum atomic E-state index is 0.536. The molecule has 2 rings (SSSR count). The molecule has 0 aliphatic carbocycles. The van der Waals surface area contributed by atoms with E-state index in [9.17, 15) is 0 Å². The molecular weight excluding hydrogens is 232 g/mol. The van der Waals surface area contributed by atoms with Crippen molar-refractivity contribution in [2.45, 2.75) is 18.8 Å². The summed E-state index contributed by atoms with van der Waals surface area (Å²) in [5.74, 6) is 0.536. The molecule has 2 heterocycles. The monoisotopic (exact) mass is 242 g/mol. The van der Waals surface area contributed by atoms with Gasteiger partial charge in [0.05, 0.1) is 18.1 Å². The van der Waals surface area contributed by atoms with E-state index in [1.165, 1.54) is 0 Å². The van der Waals surface area contributed by atoms with Crippen LogP contribution in [-0.2, 0) is 4.74 Å². The maximum absolute atomic E-state index is 5.29. The first kappa shape index (κ1) is 9.09. The van der Waals surface area contributed by atoms with Gasteiger partial charge < -0.3 is 4.74 Å². The molecule has 0 unspecified atom stereocenters. The van der Waals surface area contributed by atoms with Gasteiger partial charge in [-0.25, -0.2) is 4.98 Å². The van der Waals surface area contributed by atoms with E-state index in [0.717, 1.165) is 36.4 Å². The highest BCUT2D eigenvalue weighted by atomic mass is 79.9. The molecule has 1 saturated heterocycles. The van der Waals surface area contributed by atoms with Crippen LogP contribution in [0.1, 0.15) is 24.5 Å². The van der Waals surface area contributed by atoms with E-state index in [-0.39, 0.29) is 0 Å². The first-order valence-corrected chi connectivity index (χ1v) is 5.21. The molecule has 4 heteroatoms. The second-order valence-corrected chi connectivity index (χ2v) is 3.96. The molecule has 0 saturated carbocycles. The van der Waals surface area contributed by atoms with Gasteiger partial charge >= 0.3 is 0 Å². The molecule has 1 aromatic rings. The zero-order valence-corrected chi connectivity index (χ0v) is 8.83. The van der Waals surface area contributed by atoms with Crippen molar-refractivity contribution < 1.29 is 4.74 Å². The molecule has 70 valence electrons. The van der Waals surface area contributed by atoms with Crippen molar-refractivity contribution in [2.24, 2.45) is 0 Å². The van der Waals surface area contributed by atoms with E-state index >= 15 is 0 Å². The Bertz CT molecular complexity index is 269. The summed E-state index contributed by atoms with van der Waals surface area (Å²) in [6.07, 6.45) is 5.73. The van der Waals surface area contributed by atoms with Crippen molar-refractivity contribution in [1.29, 1.82) is 0 Å². The Morgan fingerprint density at radius 3 is 2.62 bits per heavy atom. The first-order valence-electron chi connectivity index (χ1n) is 4.41. The third-order valence-electron chi connectivity index (χ3n) is 2.28. The van der Waals surface area contributed by atoms with Gasteiger partial charge in [-0.15, -0.1) is 0 Å². The Kier molecular flexibility index (Phi) is 2.90. The second kappa shape index (κ2) is 4.15. The lowest BCUT2D eigenvalue weighted by molar-refractivity contribution is 0.0844. The van der Waals surface area contributed by atoms with Crippen LogP contribution < -0.4 is 0 Å². The topological polar surface area (TPSA) is 35.0 Å². The summed E-state index contributed by atoms with van der Waals surface area (Å²) in [7, 11) is 0. The van der Waals surface area contributed by atoms with Gasteiger partial charge in [0.25, 0.3) is 0 Å². The zero-order chi connectivity index (χ0) is 9.10. The quantitative estimate of drug-likeness (QED) is 0.757. The van der Waals surface area contributed by atoms with Crippen molar-refractivity contribution in [3.63, 3.8) is 0 Å². The molecule has 0 bridgehead atoms. The van der Waals surface area contributed by atoms with Crippen molar-refractivity contribution in [1.82, 2.24) is 9.97 Å². The van der Waals surface area contributed by atoms with E-state index in [2.05, 4.69) is 25.9 Å². The molecule has 1 aliphatic rings. The molecule has 1 aromatic heterocycles. The van der Waals surface area contributed by atoms with Gasteiger partial charge in [0.15, 0.2) is 0 Å². The molecule has 0 amide bonds. The second-order valence-electron chi connectivity index (χ2n) is 3.15. The molecule has 0 atom stereocenters. The van der Waals surface area contributed by atoms with Crippen LogP contribution in [0.25, 0.3) is 0 Å². The summed E-state index contributed by atoms with van der Waals surface area (Å²) < 4.78 is 6.08. The molecular formula is C9H11BrN2O. The number of halogens is 1. The minimum absolute atomic E-state index is 0.536. The maximum atomic E-state index is 5.29. The first-order chi connectivity index (χ1) is 6.36. The maximum Gasteiger partial charge on any atom is 0.124 e. The van der Waals surface area contributed by atoms with Crippen molar-refractivity contribution in [3.05, 3.63) is 22.7 Å². The molecule has 1 fully saturated rings. The van der Waals surface area contributed by atoms with Gasteiger partial charge in [0.2, 0.25) is 0 Å². The van der Waals surface area contributed by atoms with Crippen LogP contribution in [0.2, 0.25) is 0 Å². The van der Waals surface area contributed by atoms with Crippen LogP contribution in [0.3, 0.4) is 0 Å². The third-order valence-corrected chi connectivity index (χ3v) is 2.69. The highest BCUT2D eigenvalue weighted by Gasteiger charge is 2.16. The molecule has 0 radical (unpaired) electrons. The fourth-order valence-corrected chi connectivity index (χ4v) is 1.73. The Balaban J connectivity index is 2.10. The number of aromatic nitrogens is 2. The average molecular weight is 243 g/mol. The Morgan fingerprint density at radius 1 is 1.23 bits per heavy atom. The van der Waals surface area contributed by atoms with Gasteiger partial charge in [0.1, 0.15) is 4.60 Å². The normalized spacial score (nSPS) is 18.8. The van der Waals surface area contributed by atoms with Crippen LogP contribution in [-0.4, -0.2) is 23.2 Å². The number of nitrogens with zero attached hydrogens (tertiary/aromatic N) is 2. The highest BCUT2D eigenvalue weighted by Crippen LogP contribution is 2.24. The van der Waals surface area contributed by atoms with Gasteiger partial charge in [-0.2, -0.15) is 0 Å². The van der Waals surface area contributed by atoms with E-state index in [4.69, 9.17) is 4.74 Å². The lowest BCUT2D eigenvalue weighted by atomic mass is 9.97. The standard InChI is InChI=1S/C9H11BrN2O/c10-9-6-11-8(5-12-9)7-1-3-13-4-2-7/h5-7H,1-4H2. The zero-order valence-electron chi connectivity index (χ0n) is 7.24. The lowest BCUT2D eigenvalue weighted by Gasteiger charge is -2.20. The van der Waals surface area contributed by atoms with Crippen LogP contribution >= 0.6 is 15.9 Å². The highest BCUT2D eigenvalue weighted by molar-refractivity contribution is 9.10. The van der Waals surface area contributed by atoms with E-state index in [1.54, 1.807) is 6.20 Å². The Morgan fingerprint density at radius 2 is 2.00 bits per heavy atom. The predicted octanol–water partition coefficient (Wildman–Crippen LogP) is 2.13. The smallest absolute Gasteiger partial charge is 0.124 e. The van der Waals surface area contributed by atoms with Gasteiger partial charge in [-0.3, -0.25) is 4.98 Å². The SMILES string of the molecule is Brc1cnc(C2CCOCC2)cn1. The molecule has 13 heavy (non-hydrogen) atoms. The summed E-state index contributed by atoms with van der Waals surface area (Å²) in [5.41, 5.74) is 1.09. The minimum Gasteiger partial charge on any atom is -0.381 e. The number of ether oxygens (including phenoxy) is 1. The Hall–Kier alpha value is -0.480. The molecule has 0 N–H and O–H groups in total. The largest absolute Gasteiger partial charge is 0.381 e. The van der Waals surface area contributed by atoms with Crippen molar-refractivity contribution in [3.8, 4) is 0 Å². The van der Waals surface area contributed by atoms with Crippen LogP contribution in [0.4, 0.5) is 0 Å². The Labute approximate surface area is 85.7 Å². The molecule has 3 nitrogen and oxygen atoms in total. The lowest BCUT2D eigenvalue weighted by Crippen LogP contribution is -2.15. The third kappa shape index (κ3) is 2.25. The van der Waals surface area contributed by atoms with E-state index < -0.39 is 0 Å². The fraction of sp³-hybridized carbons (Fsp3) is 0.556. The molecule has 0 spiro atoms. The average Bonchev–Trinajstić information content (AvgIpc) is 2.20. The fourth-order valence-electron chi connectivity index (χ4n) is 1.53. The predicted molar refractivity (Wildman–Crippen MR) is 52.5 cm³/mol. The van der Waals surface area contributed by atoms with E-state index in [0.29, 0.717) is 5.92 Å². The number of hydrogen-bond donors (Lipinski definition) is 0. The van der Waals surface area contributed by atoms with Gasteiger partial charge in [-0.1, -0.05) is 0 Å². The van der Waals surface area contributed by atoms with Gasteiger partial charge in [-0.05, 0) is 28.8 Å².